The van der Waals surface area contributed by atoms with Crippen molar-refractivity contribution in [2.75, 3.05) is 11.9 Å². The number of nitrogens with one attached hydrogen (secondary N) is 1. The summed E-state index contributed by atoms with van der Waals surface area (Å²) in [5.41, 5.74) is -0.0818. The van der Waals surface area contributed by atoms with Gasteiger partial charge in [-0.1, -0.05) is 19.4 Å². The highest BCUT2D eigenvalue weighted by atomic mass is 19.4. The molecule has 2 atom stereocenters. The first-order valence-electron chi connectivity index (χ1n) is 7.04. The minimum Gasteiger partial charge on any atom is -0.382 e. The van der Waals surface area contributed by atoms with Crippen molar-refractivity contribution in [3.63, 3.8) is 0 Å². The Balaban J connectivity index is 1.99. The molecule has 0 saturated carbocycles. The molecule has 2 rings (SSSR count). The van der Waals surface area contributed by atoms with Gasteiger partial charge in [0.25, 0.3) is 0 Å². The molecule has 0 aromatic heterocycles. The predicted octanol–water partition coefficient (Wildman–Crippen LogP) is 4.47. The predicted molar refractivity (Wildman–Crippen MR) is 72.7 cm³/mol. The second-order valence-electron chi connectivity index (χ2n) is 5.23. The van der Waals surface area contributed by atoms with Crippen LogP contribution in [-0.4, -0.2) is 18.8 Å². The lowest BCUT2D eigenvalue weighted by atomic mass is 9.99. The molecule has 112 valence electrons. The average molecular weight is 287 g/mol. The second kappa shape index (κ2) is 6.48. The highest BCUT2D eigenvalue weighted by molar-refractivity contribution is 5.47. The Morgan fingerprint density at radius 1 is 1.35 bits per heavy atom. The SMILES string of the molecule is CCCC1CC(Nc2cccc(C(F)(F)F)c2)CCO1. The van der Waals surface area contributed by atoms with Gasteiger partial charge in [-0.2, -0.15) is 13.2 Å². The smallest absolute Gasteiger partial charge is 0.382 e. The van der Waals surface area contributed by atoms with E-state index in [0.29, 0.717) is 12.3 Å². The van der Waals surface area contributed by atoms with Crippen LogP contribution >= 0.6 is 0 Å². The molecule has 1 aliphatic rings. The lowest BCUT2D eigenvalue weighted by Gasteiger charge is -2.30. The maximum Gasteiger partial charge on any atom is 0.416 e. The summed E-state index contributed by atoms with van der Waals surface area (Å²) in [4.78, 5) is 0. The van der Waals surface area contributed by atoms with Crippen LogP contribution < -0.4 is 5.32 Å². The molecule has 5 heteroatoms. The number of benzene rings is 1. The molecule has 0 amide bonds. The van der Waals surface area contributed by atoms with Crippen molar-refractivity contribution in [1.29, 1.82) is 0 Å². The van der Waals surface area contributed by atoms with Crippen LogP contribution in [0.4, 0.5) is 18.9 Å². The normalized spacial score (nSPS) is 23.6. The number of alkyl halides is 3. The van der Waals surface area contributed by atoms with Gasteiger partial charge in [0, 0.05) is 18.3 Å². The van der Waals surface area contributed by atoms with E-state index in [1.807, 2.05) is 0 Å². The molecule has 0 aliphatic carbocycles. The number of rotatable bonds is 4. The molecule has 1 aliphatic heterocycles. The highest BCUT2D eigenvalue weighted by Gasteiger charge is 2.30. The van der Waals surface area contributed by atoms with Gasteiger partial charge in [-0.15, -0.1) is 0 Å². The van der Waals surface area contributed by atoms with E-state index in [-0.39, 0.29) is 12.1 Å². The largest absolute Gasteiger partial charge is 0.416 e. The first-order valence-corrected chi connectivity index (χ1v) is 7.04. The Bertz CT molecular complexity index is 431. The fraction of sp³-hybridized carbons (Fsp3) is 0.600. The highest BCUT2D eigenvalue weighted by Crippen LogP contribution is 2.31. The van der Waals surface area contributed by atoms with Crippen molar-refractivity contribution in [3.05, 3.63) is 29.8 Å². The molecule has 0 bridgehead atoms. The van der Waals surface area contributed by atoms with Gasteiger partial charge in [0.15, 0.2) is 0 Å². The van der Waals surface area contributed by atoms with Crippen LogP contribution in [0.5, 0.6) is 0 Å². The number of ether oxygens (including phenoxy) is 1. The van der Waals surface area contributed by atoms with E-state index >= 15 is 0 Å². The summed E-state index contributed by atoms with van der Waals surface area (Å²) in [6.07, 6.45) is -0.336. The standard InChI is InChI=1S/C15H20F3NO/c1-2-4-14-10-13(7-8-20-14)19-12-6-3-5-11(9-12)15(16,17)18/h3,5-6,9,13-14,19H,2,4,7-8,10H2,1H3. The topological polar surface area (TPSA) is 21.3 Å². The van der Waals surface area contributed by atoms with Crippen LogP contribution in [0.2, 0.25) is 0 Å². The fourth-order valence-corrected chi connectivity index (χ4v) is 2.56. The molecule has 0 spiro atoms. The van der Waals surface area contributed by atoms with E-state index in [1.165, 1.54) is 12.1 Å². The van der Waals surface area contributed by atoms with Crippen molar-refractivity contribution in [2.45, 2.75) is 50.9 Å². The van der Waals surface area contributed by atoms with Crippen LogP contribution in [0.15, 0.2) is 24.3 Å². The van der Waals surface area contributed by atoms with Crippen LogP contribution in [0.25, 0.3) is 0 Å². The quantitative estimate of drug-likeness (QED) is 0.882. The number of hydrogen-bond donors (Lipinski definition) is 1. The summed E-state index contributed by atoms with van der Waals surface area (Å²) in [5, 5.41) is 3.20. The van der Waals surface area contributed by atoms with Gasteiger partial charge >= 0.3 is 6.18 Å². The zero-order valence-electron chi connectivity index (χ0n) is 11.5. The maximum absolute atomic E-state index is 12.7. The van der Waals surface area contributed by atoms with Gasteiger partial charge in [0.2, 0.25) is 0 Å². The maximum atomic E-state index is 12.7. The van der Waals surface area contributed by atoms with Gasteiger partial charge < -0.3 is 10.1 Å². The molecule has 1 fully saturated rings. The summed E-state index contributed by atoms with van der Waals surface area (Å²) >= 11 is 0. The van der Waals surface area contributed by atoms with Crippen LogP contribution in [0, 0.1) is 0 Å². The van der Waals surface area contributed by atoms with Crippen molar-refractivity contribution in [1.82, 2.24) is 0 Å². The van der Waals surface area contributed by atoms with Gasteiger partial charge in [-0.25, -0.2) is 0 Å². The zero-order chi connectivity index (χ0) is 14.6. The lowest BCUT2D eigenvalue weighted by molar-refractivity contribution is -0.137. The van der Waals surface area contributed by atoms with Crippen LogP contribution in [0.1, 0.15) is 38.2 Å². The molecule has 1 aromatic rings. The summed E-state index contributed by atoms with van der Waals surface area (Å²) in [5.74, 6) is 0. The number of hydrogen-bond acceptors (Lipinski definition) is 2. The molecular weight excluding hydrogens is 267 g/mol. The number of anilines is 1. The van der Waals surface area contributed by atoms with Gasteiger partial charge in [0.05, 0.1) is 11.7 Å². The van der Waals surface area contributed by atoms with Crippen LogP contribution in [-0.2, 0) is 10.9 Å². The third-order valence-electron chi connectivity index (χ3n) is 3.54. The zero-order valence-corrected chi connectivity index (χ0v) is 11.5. The van der Waals surface area contributed by atoms with Crippen molar-refractivity contribution in [3.8, 4) is 0 Å². The summed E-state index contributed by atoms with van der Waals surface area (Å²) < 4.78 is 43.6. The van der Waals surface area contributed by atoms with Crippen molar-refractivity contribution < 1.29 is 17.9 Å². The van der Waals surface area contributed by atoms with Gasteiger partial charge in [-0.3, -0.25) is 0 Å². The fourth-order valence-electron chi connectivity index (χ4n) is 2.56. The molecule has 20 heavy (non-hydrogen) atoms. The van der Waals surface area contributed by atoms with Crippen LogP contribution in [0.3, 0.4) is 0 Å². The monoisotopic (exact) mass is 287 g/mol. The Morgan fingerprint density at radius 3 is 2.85 bits per heavy atom. The summed E-state index contributed by atoms with van der Waals surface area (Å²) in [7, 11) is 0. The first kappa shape index (κ1) is 15.2. The van der Waals surface area contributed by atoms with Gasteiger partial charge in [0.1, 0.15) is 0 Å². The van der Waals surface area contributed by atoms with E-state index < -0.39 is 11.7 Å². The number of halogens is 3. The van der Waals surface area contributed by atoms with E-state index in [0.717, 1.165) is 31.7 Å². The molecule has 0 radical (unpaired) electrons. The second-order valence-corrected chi connectivity index (χ2v) is 5.23. The minimum atomic E-state index is -4.29. The molecular formula is C15H20F3NO. The minimum absolute atomic E-state index is 0.184. The molecule has 2 unspecified atom stereocenters. The Kier molecular flexibility index (Phi) is 4.91. The molecule has 1 heterocycles. The van der Waals surface area contributed by atoms with Crippen molar-refractivity contribution >= 4 is 5.69 Å². The first-order chi connectivity index (χ1) is 9.49. The Hall–Kier alpha value is -1.23. The molecule has 1 saturated heterocycles. The molecule has 2 nitrogen and oxygen atoms in total. The van der Waals surface area contributed by atoms with E-state index in [9.17, 15) is 13.2 Å². The van der Waals surface area contributed by atoms with Crippen molar-refractivity contribution in [2.24, 2.45) is 0 Å². The molecule has 1 N–H and O–H groups in total. The molecule has 1 aromatic carbocycles. The van der Waals surface area contributed by atoms with E-state index in [4.69, 9.17) is 4.74 Å². The lowest BCUT2D eigenvalue weighted by Crippen LogP contribution is -2.34. The third-order valence-corrected chi connectivity index (χ3v) is 3.54. The summed E-state index contributed by atoms with van der Waals surface area (Å²) in [6.45, 7) is 2.77. The van der Waals surface area contributed by atoms with E-state index in [1.54, 1.807) is 6.07 Å². The Morgan fingerprint density at radius 2 is 2.15 bits per heavy atom. The Labute approximate surface area is 117 Å². The third kappa shape index (κ3) is 4.13. The average Bonchev–Trinajstić information content (AvgIpc) is 2.39. The summed E-state index contributed by atoms with van der Waals surface area (Å²) in [6, 6.07) is 5.57. The van der Waals surface area contributed by atoms with E-state index in [2.05, 4.69) is 12.2 Å². The van der Waals surface area contributed by atoms with Gasteiger partial charge in [-0.05, 0) is 37.5 Å².